The van der Waals surface area contributed by atoms with E-state index in [4.69, 9.17) is 14.7 Å². The zero-order valence-corrected chi connectivity index (χ0v) is 20.3. The molecule has 5 unspecified atom stereocenters. The first-order chi connectivity index (χ1) is 15.7. The Morgan fingerprint density at radius 1 is 1.09 bits per heavy atom. The maximum Gasteiger partial charge on any atom is 0.426 e. The van der Waals surface area contributed by atoms with Crippen LogP contribution in [0.4, 0.5) is 26.3 Å². The molecule has 198 valence electrons. The number of carbonyl (C=O) groups excluding carboxylic acids is 1. The highest BCUT2D eigenvalue weighted by molar-refractivity contribution is 5.87. The molecule has 0 aromatic rings. The zero-order chi connectivity index (χ0) is 27.6. The second-order valence-electron chi connectivity index (χ2n) is 9.75. The summed E-state index contributed by atoms with van der Waals surface area (Å²) in [6, 6.07) is 1.83. The summed E-state index contributed by atoms with van der Waals surface area (Å²) in [5, 5.41) is 7.79. The summed E-state index contributed by atoms with van der Waals surface area (Å²) in [7, 11) is 0. The number of rotatable bonds is 3. The Balaban J connectivity index is 0.000000343. The number of fused-ring (bicyclic) bond motifs is 5. The van der Waals surface area contributed by atoms with Gasteiger partial charge in [-0.2, -0.15) is 31.6 Å². The molecule has 5 nitrogen and oxygen atoms in total. The molecule has 2 saturated carbocycles. The molecule has 0 N–H and O–H groups in total. The van der Waals surface area contributed by atoms with Gasteiger partial charge in [-0.25, -0.2) is 4.79 Å². The van der Waals surface area contributed by atoms with Crippen LogP contribution < -0.4 is 0 Å². The highest BCUT2D eigenvalue weighted by Gasteiger charge is 2.87. The molecule has 1 aliphatic heterocycles. The number of nitrogens with zero attached hydrogens (tertiary/aromatic N) is 1. The molecular formula is C24H31F6NO4. The summed E-state index contributed by atoms with van der Waals surface area (Å²) in [5.41, 5.74) is -3.44. The van der Waals surface area contributed by atoms with Crippen LogP contribution in [0, 0.1) is 29.1 Å². The van der Waals surface area contributed by atoms with Gasteiger partial charge in [-0.1, -0.05) is 19.7 Å². The van der Waals surface area contributed by atoms with E-state index in [1.165, 1.54) is 0 Å². The van der Waals surface area contributed by atoms with E-state index in [1.54, 1.807) is 13.8 Å². The molecule has 3 fully saturated rings. The van der Waals surface area contributed by atoms with Crippen LogP contribution in [0.25, 0.3) is 0 Å². The molecule has 0 radical (unpaired) electrons. The number of ether oxygens (including phenoxy) is 3. The van der Waals surface area contributed by atoms with Gasteiger partial charge in [-0.05, 0) is 53.4 Å². The molecule has 0 amide bonds. The minimum Gasteiger partial charge on any atom is -0.498 e. The van der Waals surface area contributed by atoms with E-state index >= 15 is 0 Å². The van der Waals surface area contributed by atoms with Crippen molar-refractivity contribution in [1.29, 1.82) is 5.26 Å². The lowest BCUT2D eigenvalue weighted by atomic mass is 9.67. The Hall–Kier alpha value is -2.48. The SMILES string of the molecule is C=C(C)C#N.C=C(C)C(=O)OC(C)(C)C.C=COC1CC2CC1C1C2OC1(C(F)(F)F)C(F)(F)F. The number of hydrogen-bond donors (Lipinski definition) is 0. The minimum atomic E-state index is -5.48. The van der Waals surface area contributed by atoms with Gasteiger partial charge in [0.15, 0.2) is 0 Å². The second-order valence-corrected chi connectivity index (χ2v) is 9.75. The highest BCUT2D eigenvalue weighted by atomic mass is 19.4. The van der Waals surface area contributed by atoms with Crippen LogP contribution in [-0.4, -0.2) is 41.7 Å². The van der Waals surface area contributed by atoms with Crippen LogP contribution in [0.2, 0.25) is 0 Å². The van der Waals surface area contributed by atoms with E-state index in [0.29, 0.717) is 17.6 Å². The Morgan fingerprint density at radius 2 is 1.57 bits per heavy atom. The van der Waals surface area contributed by atoms with Crippen LogP contribution in [0.15, 0.2) is 37.1 Å². The van der Waals surface area contributed by atoms with E-state index in [9.17, 15) is 31.1 Å². The van der Waals surface area contributed by atoms with Crippen LogP contribution in [0.3, 0.4) is 0 Å². The number of esters is 1. The lowest BCUT2D eigenvalue weighted by Gasteiger charge is -2.57. The summed E-state index contributed by atoms with van der Waals surface area (Å²) in [6.07, 6.45) is -10.8. The molecule has 3 rings (SSSR count). The topological polar surface area (TPSA) is 68.6 Å². The third-order valence-electron chi connectivity index (χ3n) is 5.71. The Labute approximate surface area is 201 Å². The standard InChI is InChI=1S/C12H12F6O2.C8H14O2.C4H5N/c1-2-19-7-4-5-3-6(7)8-9(5)20-10(8,11(13,14)15)12(16,17)18;1-6(2)7(9)10-8(3,4)5;1-4(2)3-5/h2,5-9H,1,3-4H2;1H2,2-5H3;1H2,2H3. The molecule has 11 heteroatoms. The lowest BCUT2D eigenvalue weighted by Crippen LogP contribution is -2.76. The molecule has 5 atom stereocenters. The molecule has 1 heterocycles. The van der Waals surface area contributed by atoms with Crippen molar-refractivity contribution < 1.29 is 45.3 Å². The van der Waals surface area contributed by atoms with Gasteiger partial charge in [-0.15, -0.1) is 0 Å². The Kier molecular flexibility index (Phi) is 9.29. The Morgan fingerprint density at radius 3 is 1.89 bits per heavy atom. The van der Waals surface area contributed by atoms with Gasteiger partial charge in [-0.3, -0.25) is 0 Å². The minimum absolute atomic E-state index is 0.280. The maximum absolute atomic E-state index is 13.0. The average Bonchev–Trinajstić information content (AvgIpc) is 3.12. The summed E-state index contributed by atoms with van der Waals surface area (Å²) < 4.78 is 92.6. The number of halogens is 6. The fraction of sp³-hybridized carbons (Fsp3) is 0.667. The summed E-state index contributed by atoms with van der Waals surface area (Å²) in [4.78, 5) is 10.8. The summed E-state index contributed by atoms with van der Waals surface area (Å²) in [6.45, 7) is 18.9. The van der Waals surface area contributed by atoms with Crippen LogP contribution >= 0.6 is 0 Å². The van der Waals surface area contributed by atoms with E-state index in [0.717, 1.165) is 6.26 Å². The van der Waals surface area contributed by atoms with Crippen molar-refractivity contribution in [3.63, 3.8) is 0 Å². The molecule has 0 spiro atoms. The number of hydrogen-bond acceptors (Lipinski definition) is 5. The molecular weight excluding hydrogens is 480 g/mol. The van der Waals surface area contributed by atoms with Gasteiger partial charge in [0.25, 0.3) is 5.60 Å². The number of alkyl halides is 6. The lowest BCUT2D eigenvalue weighted by molar-refractivity contribution is -0.473. The van der Waals surface area contributed by atoms with Gasteiger partial charge in [0, 0.05) is 23.0 Å². The largest absolute Gasteiger partial charge is 0.498 e. The first-order valence-electron chi connectivity index (χ1n) is 10.8. The predicted molar refractivity (Wildman–Crippen MR) is 116 cm³/mol. The molecule has 2 bridgehead atoms. The van der Waals surface area contributed by atoms with Crippen molar-refractivity contribution in [3.8, 4) is 6.07 Å². The van der Waals surface area contributed by atoms with Gasteiger partial charge in [0.05, 0.1) is 18.4 Å². The molecule has 35 heavy (non-hydrogen) atoms. The molecule has 2 aliphatic carbocycles. The van der Waals surface area contributed by atoms with E-state index in [-0.39, 0.29) is 18.3 Å². The zero-order valence-electron chi connectivity index (χ0n) is 20.3. The fourth-order valence-corrected chi connectivity index (χ4v) is 4.49. The third-order valence-corrected chi connectivity index (χ3v) is 5.71. The first-order valence-corrected chi connectivity index (χ1v) is 10.8. The summed E-state index contributed by atoms with van der Waals surface area (Å²) in [5.74, 6) is -3.02. The predicted octanol–water partition coefficient (Wildman–Crippen LogP) is 6.42. The van der Waals surface area contributed by atoms with Crippen molar-refractivity contribution >= 4 is 5.97 Å². The van der Waals surface area contributed by atoms with E-state index in [2.05, 4.69) is 24.5 Å². The van der Waals surface area contributed by atoms with Crippen molar-refractivity contribution in [3.05, 3.63) is 37.1 Å². The monoisotopic (exact) mass is 511 g/mol. The number of nitriles is 1. The normalized spacial score (nSPS) is 27.9. The highest BCUT2D eigenvalue weighted by Crippen LogP contribution is 2.69. The van der Waals surface area contributed by atoms with Gasteiger partial charge >= 0.3 is 18.3 Å². The Bertz CT molecular complexity index is 851. The fourth-order valence-electron chi connectivity index (χ4n) is 4.49. The molecule has 0 aromatic heterocycles. The smallest absolute Gasteiger partial charge is 0.426 e. The van der Waals surface area contributed by atoms with Crippen molar-refractivity contribution in [1.82, 2.24) is 0 Å². The maximum atomic E-state index is 13.0. The van der Waals surface area contributed by atoms with Crippen molar-refractivity contribution in [2.45, 2.75) is 83.2 Å². The van der Waals surface area contributed by atoms with Crippen LogP contribution in [0.1, 0.15) is 47.5 Å². The average molecular weight is 512 g/mol. The molecule has 3 aliphatic rings. The van der Waals surface area contributed by atoms with Crippen LogP contribution in [-0.2, 0) is 19.0 Å². The van der Waals surface area contributed by atoms with Crippen molar-refractivity contribution in [2.75, 3.05) is 0 Å². The quantitative estimate of drug-likeness (QED) is 0.144. The first kappa shape index (κ1) is 30.6. The molecule has 1 saturated heterocycles. The molecule has 0 aromatic carbocycles. The number of allylic oxidation sites excluding steroid dienone is 1. The van der Waals surface area contributed by atoms with Gasteiger partial charge in [0.1, 0.15) is 11.7 Å². The van der Waals surface area contributed by atoms with Gasteiger partial charge in [0.2, 0.25) is 0 Å². The summed E-state index contributed by atoms with van der Waals surface area (Å²) >= 11 is 0. The van der Waals surface area contributed by atoms with Crippen molar-refractivity contribution in [2.24, 2.45) is 17.8 Å². The van der Waals surface area contributed by atoms with Crippen LogP contribution in [0.5, 0.6) is 0 Å². The second kappa shape index (κ2) is 10.6. The number of carbonyl (C=O) groups is 1. The van der Waals surface area contributed by atoms with E-state index < -0.39 is 47.6 Å². The van der Waals surface area contributed by atoms with Gasteiger partial charge < -0.3 is 14.2 Å². The third kappa shape index (κ3) is 6.60. The van der Waals surface area contributed by atoms with E-state index in [1.807, 2.05) is 26.8 Å².